The van der Waals surface area contributed by atoms with Gasteiger partial charge >= 0.3 is 0 Å². The largest absolute Gasteiger partial charge is 0.256 e. The summed E-state index contributed by atoms with van der Waals surface area (Å²) in [6, 6.07) is 57.7. The summed E-state index contributed by atoms with van der Waals surface area (Å²) in [5, 5.41) is 0. The number of hydrogen-bond acceptors (Lipinski definition) is 4. The molecule has 0 saturated carbocycles. The first kappa shape index (κ1) is 30.5. The fourth-order valence-electron chi connectivity index (χ4n) is 7.85. The van der Waals surface area contributed by atoms with Gasteiger partial charge in [-0.25, -0.2) is 15.0 Å². The minimum Gasteiger partial charge on any atom is -0.256 e. The molecule has 0 N–H and O–H groups in total. The zero-order valence-electron chi connectivity index (χ0n) is 28.5. The monoisotopic (exact) mass is 654 g/mol. The molecule has 6 aromatic carbocycles. The average Bonchev–Trinajstić information content (AvgIpc) is 3.49. The maximum absolute atomic E-state index is 5.09. The van der Waals surface area contributed by atoms with E-state index in [0.29, 0.717) is 17.5 Å². The van der Waals surface area contributed by atoms with Crippen molar-refractivity contribution in [2.24, 2.45) is 0 Å². The van der Waals surface area contributed by atoms with Gasteiger partial charge in [-0.3, -0.25) is 4.98 Å². The van der Waals surface area contributed by atoms with Crippen molar-refractivity contribution in [1.29, 1.82) is 0 Å². The summed E-state index contributed by atoms with van der Waals surface area (Å²) in [5.41, 5.74) is 14.4. The van der Waals surface area contributed by atoms with Crippen molar-refractivity contribution in [3.05, 3.63) is 203 Å². The van der Waals surface area contributed by atoms with Gasteiger partial charge in [0.25, 0.3) is 0 Å². The predicted molar refractivity (Wildman–Crippen MR) is 206 cm³/mol. The smallest absolute Gasteiger partial charge is 0.164 e. The van der Waals surface area contributed by atoms with Gasteiger partial charge in [-0.05, 0) is 76.6 Å². The molecule has 9 rings (SSSR count). The Hall–Kier alpha value is -6.52. The number of fused-ring (bicyclic) bond motifs is 3. The van der Waals surface area contributed by atoms with Crippen LogP contribution >= 0.6 is 0 Å². The van der Waals surface area contributed by atoms with E-state index in [-0.39, 0.29) is 0 Å². The van der Waals surface area contributed by atoms with Crippen LogP contribution in [0.5, 0.6) is 0 Å². The summed E-state index contributed by atoms with van der Waals surface area (Å²) in [6.07, 6.45) is 1.81. The van der Waals surface area contributed by atoms with Gasteiger partial charge in [-0.1, -0.05) is 146 Å². The van der Waals surface area contributed by atoms with E-state index in [1.807, 2.05) is 54.7 Å². The van der Waals surface area contributed by atoms with Gasteiger partial charge in [0.1, 0.15) is 0 Å². The van der Waals surface area contributed by atoms with Crippen LogP contribution in [0, 0.1) is 13.8 Å². The van der Waals surface area contributed by atoms with Crippen LogP contribution in [0.3, 0.4) is 0 Å². The molecule has 0 spiro atoms. The predicted octanol–water partition coefficient (Wildman–Crippen LogP) is 10.9. The molecule has 1 aliphatic carbocycles. The van der Waals surface area contributed by atoms with E-state index in [0.717, 1.165) is 27.9 Å². The number of aromatic nitrogens is 4. The normalized spacial score (nSPS) is 12.7. The number of nitrogens with zero attached hydrogens (tertiary/aromatic N) is 4. The lowest BCUT2D eigenvalue weighted by Crippen LogP contribution is -2.30. The Morgan fingerprint density at radius 2 is 0.863 bits per heavy atom. The second-order valence-corrected chi connectivity index (χ2v) is 13.2. The number of benzene rings is 6. The van der Waals surface area contributed by atoms with Gasteiger partial charge in [-0.2, -0.15) is 0 Å². The molecule has 4 heteroatoms. The number of aryl methyl sites for hydroxylation is 2. The van der Waals surface area contributed by atoms with E-state index >= 15 is 0 Å². The lowest BCUT2D eigenvalue weighted by molar-refractivity contribution is 0.754. The van der Waals surface area contributed by atoms with E-state index in [9.17, 15) is 0 Å². The Balaban J connectivity index is 1.22. The maximum atomic E-state index is 5.09. The molecule has 8 aromatic rings. The number of hydrogen-bond donors (Lipinski definition) is 0. The van der Waals surface area contributed by atoms with Crippen LogP contribution in [0.4, 0.5) is 0 Å². The molecular weight excluding hydrogens is 621 g/mol. The molecule has 0 unspecified atom stereocenters. The fraction of sp³-hybridized carbons (Fsp3) is 0.0638. The van der Waals surface area contributed by atoms with E-state index in [2.05, 4.69) is 134 Å². The van der Waals surface area contributed by atoms with Crippen molar-refractivity contribution in [2.45, 2.75) is 19.3 Å². The molecule has 0 amide bonds. The van der Waals surface area contributed by atoms with E-state index in [1.54, 1.807) is 0 Å². The first-order valence-corrected chi connectivity index (χ1v) is 17.3. The highest BCUT2D eigenvalue weighted by atomic mass is 15.0. The van der Waals surface area contributed by atoms with Crippen molar-refractivity contribution >= 4 is 0 Å². The summed E-state index contributed by atoms with van der Waals surface area (Å²) in [6.45, 7) is 4.45. The topological polar surface area (TPSA) is 51.6 Å². The molecule has 0 bridgehead atoms. The van der Waals surface area contributed by atoms with Gasteiger partial charge < -0.3 is 0 Å². The van der Waals surface area contributed by atoms with Crippen LogP contribution < -0.4 is 0 Å². The zero-order chi connectivity index (χ0) is 34.4. The lowest BCUT2D eigenvalue weighted by atomic mass is 9.65. The maximum Gasteiger partial charge on any atom is 0.164 e. The molecule has 4 nitrogen and oxygen atoms in total. The van der Waals surface area contributed by atoms with E-state index in [4.69, 9.17) is 15.0 Å². The Bertz CT molecular complexity index is 2500. The van der Waals surface area contributed by atoms with Gasteiger partial charge in [0, 0.05) is 28.5 Å². The lowest BCUT2D eigenvalue weighted by Gasteiger charge is -2.36. The minimum atomic E-state index is -0.476. The summed E-state index contributed by atoms with van der Waals surface area (Å²) in [7, 11) is 0. The molecule has 2 aromatic heterocycles. The molecule has 0 atom stereocenters. The number of pyridine rings is 1. The molecule has 0 fully saturated rings. The van der Waals surface area contributed by atoms with Crippen LogP contribution in [-0.2, 0) is 5.41 Å². The molecule has 0 aliphatic heterocycles. The molecular formula is C47H34N4. The van der Waals surface area contributed by atoms with E-state index < -0.39 is 5.41 Å². The second kappa shape index (κ2) is 12.4. The third kappa shape index (κ3) is 5.07. The third-order valence-electron chi connectivity index (χ3n) is 10.2. The molecule has 51 heavy (non-hydrogen) atoms. The highest BCUT2D eigenvalue weighted by molar-refractivity contribution is 5.87. The molecule has 2 heterocycles. The van der Waals surface area contributed by atoms with Gasteiger partial charge in [0.2, 0.25) is 0 Å². The Morgan fingerprint density at radius 1 is 0.373 bits per heavy atom. The van der Waals surface area contributed by atoms with Crippen LogP contribution in [0.1, 0.15) is 33.4 Å². The van der Waals surface area contributed by atoms with Crippen LogP contribution in [-0.4, -0.2) is 19.9 Å². The van der Waals surface area contributed by atoms with Gasteiger partial charge in [0.05, 0.1) is 11.1 Å². The average molecular weight is 655 g/mol. The van der Waals surface area contributed by atoms with Gasteiger partial charge in [-0.15, -0.1) is 0 Å². The molecule has 1 aliphatic rings. The first-order chi connectivity index (χ1) is 25.1. The van der Waals surface area contributed by atoms with E-state index in [1.165, 1.54) is 44.5 Å². The Labute approximate surface area is 298 Å². The van der Waals surface area contributed by atoms with Crippen molar-refractivity contribution < 1.29 is 0 Å². The molecule has 0 radical (unpaired) electrons. The highest BCUT2D eigenvalue weighted by Crippen LogP contribution is 2.57. The van der Waals surface area contributed by atoms with Crippen LogP contribution in [0.25, 0.3) is 56.5 Å². The standard InChI is InChI=1S/C47H34N4/c1-31-14-6-9-19-39(31)47(41-20-10-7-17-37(41)38-18-8-11-21-42(38)47)40-28-27-36(30-32(40)2)46-50-44(34-15-4-3-5-16-34)49-45(51-46)35-25-23-33(24-26-35)43-22-12-13-29-48-43/h3-30H,1-2H3. The zero-order valence-corrected chi connectivity index (χ0v) is 28.5. The second-order valence-electron chi connectivity index (χ2n) is 13.2. The number of rotatable bonds is 6. The quantitative estimate of drug-likeness (QED) is 0.179. The first-order valence-electron chi connectivity index (χ1n) is 17.3. The summed E-state index contributed by atoms with van der Waals surface area (Å²) < 4.78 is 0. The van der Waals surface area contributed by atoms with Crippen LogP contribution in [0.2, 0.25) is 0 Å². The van der Waals surface area contributed by atoms with Crippen molar-refractivity contribution in [3.63, 3.8) is 0 Å². The molecule has 0 saturated heterocycles. The Morgan fingerprint density at radius 3 is 1.47 bits per heavy atom. The van der Waals surface area contributed by atoms with Crippen molar-refractivity contribution in [3.8, 4) is 56.5 Å². The highest BCUT2D eigenvalue weighted by Gasteiger charge is 2.47. The van der Waals surface area contributed by atoms with Crippen LogP contribution in [0.15, 0.2) is 170 Å². The summed E-state index contributed by atoms with van der Waals surface area (Å²) in [5.74, 6) is 1.91. The summed E-state index contributed by atoms with van der Waals surface area (Å²) >= 11 is 0. The molecule has 242 valence electrons. The third-order valence-corrected chi connectivity index (χ3v) is 10.2. The fourth-order valence-corrected chi connectivity index (χ4v) is 7.85. The summed E-state index contributed by atoms with van der Waals surface area (Å²) in [4.78, 5) is 19.6. The van der Waals surface area contributed by atoms with Gasteiger partial charge in [0.15, 0.2) is 17.5 Å². The van der Waals surface area contributed by atoms with Crippen molar-refractivity contribution in [1.82, 2.24) is 19.9 Å². The van der Waals surface area contributed by atoms with Crippen molar-refractivity contribution in [2.75, 3.05) is 0 Å². The SMILES string of the molecule is Cc1ccccc1C1(c2ccc(-c3nc(-c4ccccc4)nc(-c4ccc(-c5ccccn5)cc4)n3)cc2C)c2ccccc2-c2ccccc21. The Kier molecular flexibility index (Phi) is 7.44. The minimum absolute atomic E-state index is 0.476.